The van der Waals surface area contributed by atoms with Crippen molar-refractivity contribution in [3.63, 3.8) is 0 Å². The van der Waals surface area contributed by atoms with Gasteiger partial charge in [0.05, 0.1) is 18.9 Å². The van der Waals surface area contributed by atoms with Gasteiger partial charge in [-0.1, -0.05) is 0 Å². The molecule has 9 heteroatoms. The lowest BCUT2D eigenvalue weighted by Gasteiger charge is -2.36. The lowest BCUT2D eigenvalue weighted by atomic mass is 10.0. The van der Waals surface area contributed by atoms with Gasteiger partial charge in [-0.05, 0) is 0 Å². The Labute approximate surface area is 105 Å². The first-order valence-electron chi connectivity index (χ1n) is 5.57. The van der Waals surface area contributed by atoms with Gasteiger partial charge in [0, 0.05) is 6.42 Å². The van der Waals surface area contributed by atoms with E-state index < -0.39 is 48.2 Å². The van der Waals surface area contributed by atoms with Gasteiger partial charge in [0.2, 0.25) is 5.82 Å². The first-order valence-corrected chi connectivity index (χ1v) is 5.57. The maximum absolute atomic E-state index is 13.1. The minimum Gasteiger partial charge on any atom is -0.394 e. The van der Waals surface area contributed by atoms with Crippen LogP contribution >= 0.6 is 0 Å². The number of aliphatic hydroxyl groups excluding tert-OH is 3. The van der Waals surface area contributed by atoms with Crippen LogP contribution in [0.25, 0.3) is 0 Å². The van der Waals surface area contributed by atoms with Crippen molar-refractivity contribution in [3.8, 4) is 0 Å². The van der Waals surface area contributed by atoms with Crippen LogP contribution in [-0.4, -0.2) is 49.8 Å². The highest BCUT2D eigenvalue weighted by molar-refractivity contribution is 4.91. The average molecular weight is 276 g/mol. The van der Waals surface area contributed by atoms with Crippen LogP contribution in [0, 0.1) is 5.82 Å². The van der Waals surface area contributed by atoms with Crippen molar-refractivity contribution in [2.24, 2.45) is 0 Å². The van der Waals surface area contributed by atoms with Gasteiger partial charge in [-0.25, -0.2) is 4.79 Å². The molecule has 2 rings (SSSR count). The lowest BCUT2D eigenvalue weighted by molar-refractivity contribution is -0.202. The molecule has 4 N–H and O–H groups in total. The molecule has 4 unspecified atom stereocenters. The Bertz CT molecular complexity index is 570. The van der Waals surface area contributed by atoms with Crippen LogP contribution in [-0.2, 0) is 4.74 Å². The summed E-state index contributed by atoms with van der Waals surface area (Å²) in [5.41, 5.74) is -2.06. The van der Waals surface area contributed by atoms with E-state index in [9.17, 15) is 24.2 Å². The summed E-state index contributed by atoms with van der Waals surface area (Å²) in [6, 6.07) is 0. The van der Waals surface area contributed by atoms with E-state index in [0.717, 1.165) is 4.57 Å². The molecule has 1 aliphatic rings. The van der Waals surface area contributed by atoms with Crippen LogP contribution < -0.4 is 11.2 Å². The van der Waals surface area contributed by atoms with Crippen molar-refractivity contribution in [3.05, 3.63) is 32.9 Å². The van der Waals surface area contributed by atoms with Crippen molar-refractivity contribution in [1.29, 1.82) is 0 Å². The lowest BCUT2D eigenvalue weighted by Crippen LogP contribution is -2.50. The summed E-state index contributed by atoms with van der Waals surface area (Å²) in [5.74, 6) is -1.18. The second-order valence-corrected chi connectivity index (χ2v) is 4.25. The first-order chi connectivity index (χ1) is 8.93. The van der Waals surface area contributed by atoms with Crippen molar-refractivity contribution < 1.29 is 24.4 Å². The quantitative estimate of drug-likeness (QED) is 0.480. The highest BCUT2D eigenvalue weighted by Gasteiger charge is 2.37. The number of halogens is 1. The number of aliphatic hydroxyl groups is 3. The number of aromatic nitrogens is 2. The zero-order valence-corrected chi connectivity index (χ0v) is 9.69. The van der Waals surface area contributed by atoms with E-state index in [1.165, 1.54) is 0 Å². The Hall–Kier alpha value is -1.55. The van der Waals surface area contributed by atoms with Crippen LogP contribution in [0.4, 0.5) is 4.39 Å². The Morgan fingerprint density at radius 2 is 2.16 bits per heavy atom. The molecule has 8 nitrogen and oxygen atoms in total. The number of rotatable bonds is 2. The fourth-order valence-electron chi connectivity index (χ4n) is 1.94. The summed E-state index contributed by atoms with van der Waals surface area (Å²) in [7, 11) is 0. The average Bonchev–Trinajstić information content (AvgIpc) is 2.37. The van der Waals surface area contributed by atoms with Gasteiger partial charge in [0.15, 0.2) is 0 Å². The van der Waals surface area contributed by atoms with Gasteiger partial charge >= 0.3 is 5.69 Å². The number of hydrogen-bond donors (Lipinski definition) is 4. The number of H-pyrrole nitrogens is 1. The maximum Gasteiger partial charge on any atom is 0.330 e. The number of aromatic amines is 1. The molecule has 0 saturated carbocycles. The van der Waals surface area contributed by atoms with Gasteiger partial charge in [-0.3, -0.25) is 14.3 Å². The molecule has 1 saturated heterocycles. The Morgan fingerprint density at radius 1 is 1.47 bits per heavy atom. The number of nitrogens with one attached hydrogen (secondary N) is 1. The topological polar surface area (TPSA) is 125 Å². The summed E-state index contributed by atoms with van der Waals surface area (Å²) >= 11 is 0. The molecule has 0 spiro atoms. The van der Waals surface area contributed by atoms with E-state index in [-0.39, 0.29) is 6.42 Å². The van der Waals surface area contributed by atoms with Crippen LogP contribution in [0.5, 0.6) is 0 Å². The zero-order valence-electron chi connectivity index (χ0n) is 9.69. The van der Waals surface area contributed by atoms with Crippen LogP contribution in [0.1, 0.15) is 12.6 Å². The molecule has 19 heavy (non-hydrogen) atoms. The van der Waals surface area contributed by atoms with Gasteiger partial charge in [-0.15, -0.1) is 0 Å². The van der Waals surface area contributed by atoms with Gasteiger partial charge in [0.1, 0.15) is 18.4 Å². The number of nitrogens with zero attached hydrogens (tertiary/aromatic N) is 1. The van der Waals surface area contributed by atoms with Gasteiger partial charge < -0.3 is 20.1 Å². The third kappa shape index (κ3) is 2.59. The molecule has 1 fully saturated rings. The number of ether oxygens (including phenoxy) is 1. The highest BCUT2D eigenvalue weighted by Crippen LogP contribution is 2.26. The fraction of sp³-hybridized carbons (Fsp3) is 0.600. The van der Waals surface area contributed by atoms with Gasteiger partial charge in [-0.2, -0.15) is 4.39 Å². The Balaban J connectivity index is 2.35. The molecule has 4 atom stereocenters. The molecule has 0 amide bonds. The van der Waals surface area contributed by atoms with E-state index in [1.54, 1.807) is 4.98 Å². The van der Waals surface area contributed by atoms with E-state index in [1.807, 2.05) is 0 Å². The summed E-state index contributed by atoms with van der Waals surface area (Å²) in [5, 5.41) is 28.1. The standard InChI is InChI=1S/C10H13FN2O6/c11-4-2-13(10(18)12-9(4)17)7-1-5(15)8(16)6(3-14)19-7/h2,5-8,14-16H,1,3H2,(H,12,17,18). The smallest absolute Gasteiger partial charge is 0.330 e. The summed E-state index contributed by atoms with van der Waals surface area (Å²) < 4.78 is 19.1. The molecular formula is C10H13FN2O6. The normalized spacial score (nSPS) is 31.4. The fourth-order valence-corrected chi connectivity index (χ4v) is 1.94. The minimum absolute atomic E-state index is 0.178. The maximum atomic E-state index is 13.1. The van der Waals surface area contributed by atoms with Crippen molar-refractivity contribution in [1.82, 2.24) is 9.55 Å². The molecule has 106 valence electrons. The van der Waals surface area contributed by atoms with Crippen molar-refractivity contribution in [2.75, 3.05) is 6.61 Å². The van der Waals surface area contributed by atoms with E-state index in [2.05, 4.69) is 0 Å². The summed E-state index contributed by atoms with van der Waals surface area (Å²) in [4.78, 5) is 24.2. The first kappa shape index (κ1) is 13.9. The number of hydrogen-bond acceptors (Lipinski definition) is 6. The Morgan fingerprint density at radius 3 is 2.79 bits per heavy atom. The molecule has 1 aromatic rings. The van der Waals surface area contributed by atoms with Crippen molar-refractivity contribution >= 4 is 0 Å². The van der Waals surface area contributed by atoms with Crippen LogP contribution in [0.15, 0.2) is 15.8 Å². The SMILES string of the molecule is O=c1[nH]c(=O)n(C2CC(O)C(O)C(CO)O2)cc1F. The largest absolute Gasteiger partial charge is 0.394 e. The van der Waals surface area contributed by atoms with E-state index in [4.69, 9.17) is 9.84 Å². The van der Waals surface area contributed by atoms with Crippen molar-refractivity contribution in [2.45, 2.75) is 31.0 Å². The second kappa shape index (κ2) is 5.21. The van der Waals surface area contributed by atoms with E-state index in [0.29, 0.717) is 6.20 Å². The minimum atomic E-state index is -1.30. The summed E-state index contributed by atoms with van der Waals surface area (Å²) in [6.07, 6.45) is -4.25. The predicted molar refractivity (Wildman–Crippen MR) is 58.9 cm³/mol. The molecule has 2 heterocycles. The molecular weight excluding hydrogens is 263 g/mol. The molecule has 1 aromatic heterocycles. The van der Waals surface area contributed by atoms with Crippen LogP contribution in [0.2, 0.25) is 0 Å². The predicted octanol–water partition coefficient (Wildman–Crippen LogP) is -2.32. The molecule has 1 aliphatic heterocycles. The monoisotopic (exact) mass is 276 g/mol. The molecule has 0 aliphatic carbocycles. The molecule has 0 aromatic carbocycles. The zero-order chi connectivity index (χ0) is 14.2. The Kier molecular flexibility index (Phi) is 3.80. The third-order valence-corrected chi connectivity index (χ3v) is 2.96. The van der Waals surface area contributed by atoms with Gasteiger partial charge in [0.25, 0.3) is 5.56 Å². The molecule has 0 radical (unpaired) electrons. The van der Waals surface area contributed by atoms with E-state index >= 15 is 0 Å². The van der Waals surface area contributed by atoms with Crippen LogP contribution in [0.3, 0.4) is 0 Å². The summed E-state index contributed by atoms with van der Waals surface area (Å²) in [6.45, 7) is -0.574. The molecule has 0 bridgehead atoms. The third-order valence-electron chi connectivity index (χ3n) is 2.96. The second-order valence-electron chi connectivity index (χ2n) is 4.25. The highest BCUT2D eigenvalue weighted by atomic mass is 19.1.